The predicted molar refractivity (Wildman–Crippen MR) is 67.4 cm³/mol. The Bertz CT molecular complexity index is 442. The van der Waals surface area contributed by atoms with E-state index in [9.17, 15) is 0 Å². The first-order valence-corrected chi connectivity index (χ1v) is 5.81. The molecule has 2 rings (SSSR count). The molecule has 0 bridgehead atoms. The molecule has 0 unspecified atom stereocenters. The molecule has 1 aromatic carbocycles. The summed E-state index contributed by atoms with van der Waals surface area (Å²) in [6.45, 7) is 3.82. The quantitative estimate of drug-likeness (QED) is 0.742. The van der Waals surface area contributed by atoms with Gasteiger partial charge in [-0.25, -0.2) is 0 Å². The van der Waals surface area contributed by atoms with Crippen molar-refractivity contribution in [1.82, 2.24) is 0 Å². The van der Waals surface area contributed by atoms with E-state index in [4.69, 9.17) is 16.0 Å². The molecule has 2 aromatic rings. The van der Waals surface area contributed by atoms with E-state index in [1.54, 1.807) is 0 Å². The lowest BCUT2D eigenvalue weighted by molar-refractivity contribution is 0.515. The highest BCUT2D eigenvalue weighted by molar-refractivity contribution is 6.30. The zero-order valence-corrected chi connectivity index (χ0v) is 9.83. The van der Waals surface area contributed by atoms with Gasteiger partial charge in [-0.3, -0.25) is 0 Å². The standard InChI is InChI=1S/C14H14ClO/c1-2-3-4-13-9-10-14(16-13)11-5-7-12(15)8-6-11/h5-10H,1-4H2. The molecule has 0 aliphatic heterocycles. The fourth-order valence-corrected chi connectivity index (χ4v) is 1.71. The lowest BCUT2D eigenvalue weighted by Crippen LogP contribution is -1.79. The van der Waals surface area contributed by atoms with E-state index in [0.29, 0.717) is 0 Å². The van der Waals surface area contributed by atoms with Crippen LogP contribution in [0.1, 0.15) is 18.6 Å². The number of aryl methyl sites for hydroxylation is 1. The van der Waals surface area contributed by atoms with Gasteiger partial charge in [0.1, 0.15) is 11.5 Å². The Morgan fingerprint density at radius 2 is 1.81 bits per heavy atom. The first-order valence-electron chi connectivity index (χ1n) is 5.43. The van der Waals surface area contributed by atoms with Crippen LogP contribution < -0.4 is 0 Å². The van der Waals surface area contributed by atoms with Crippen molar-refractivity contribution >= 4 is 11.6 Å². The molecule has 1 aromatic heterocycles. The third kappa shape index (κ3) is 2.67. The van der Waals surface area contributed by atoms with Crippen LogP contribution in [0, 0.1) is 6.92 Å². The highest BCUT2D eigenvalue weighted by Gasteiger charge is 2.04. The fourth-order valence-electron chi connectivity index (χ4n) is 1.58. The second kappa shape index (κ2) is 5.22. The van der Waals surface area contributed by atoms with Crippen molar-refractivity contribution in [2.75, 3.05) is 0 Å². The molecular weight excluding hydrogens is 220 g/mol. The lowest BCUT2D eigenvalue weighted by atomic mass is 10.2. The number of unbranched alkanes of at least 4 members (excludes halogenated alkanes) is 1. The van der Waals surface area contributed by atoms with Gasteiger partial charge < -0.3 is 4.42 Å². The summed E-state index contributed by atoms with van der Waals surface area (Å²) in [6.07, 6.45) is 2.96. The van der Waals surface area contributed by atoms with Crippen molar-refractivity contribution in [3.8, 4) is 11.3 Å². The zero-order chi connectivity index (χ0) is 11.4. The average molecular weight is 234 g/mol. The van der Waals surface area contributed by atoms with Crippen molar-refractivity contribution in [3.05, 3.63) is 54.1 Å². The Morgan fingerprint density at radius 3 is 2.50 bits per heavy atom. The van der Waals surface area contributed by atoms with Crippen molar-refractivity contribution in [2.45, 2.75) is 19.3 Å². The van der Waals surface area contributed by atoms with Gasteiger partial charge in [-0.1, -0.05) is 24.9 Å². The van der Waals surface area contributed by atoms with Crippen LogP contribution in [0.25, 0.3) is 11.3 Å². The number of hydrogen-bond donors (Lipinski definition) is 0. The van der Waals surface area contributed by atoms with E-state index in [-0.39, 0.29) is 0 Å². The minimum absolute atomic E-state index is 0.743. The first-order chi connectivity index (χ1) is 7.79. The summed E-state index contributed by atoms with van der Waals surface area (Å²) in [5, 5.41) is 0.743. The van der Waals surface area contributed by atoms with Crippen LogP contribution in [-0.4, -0.2) is 0 Å². The predicted octanol–water partition coefficient (Wildman–Crippen LogP) is 4.76. The Labute approximate surface area is 101 Å². The van der Waals surface area contributed by atoms with Gasteiger partial charge in [0.2, 0.25) is 0 Å². The van der Waals surface area contributed by atoms with Gasteiger partial charge >= 0.3 is 0 Å². The minimum atomic E-state index is 0.743. The van der Waals surface area contributed by atoms with E-state index < -0.39 is 0 Å². The fraction of sp³-hybridized carbons (Fsp3) is 0.214. The average Bonchev–Trinajstić information content (AvgIpc) is 2.76. The maximum absolute atomic E-state index is 5.84. The lowest BCUT2D eigenvalue weighted by Gasteiger charge is -1.97. The largest absolute Gasteiger partial charge is 0.461 e. The summed E-state index contributed by atoms with van der Waals surface area (Å²) >= 11 is 5.84. The van der Waals surface area contributed by atoms with Gasteiger partial charge in [-0.2, -0.15) is 0 Å². The molecule has 0 saturated carbocycles. The van der Waals surface area contributed by atoms with Gasteiger partial charge in [-0.15, -0.1) is 0 Å². The van der Waals surface area contributed by atoms with E-state index in [1.165, 1.54) is 0 Å². The monoisotopic (exact) mass is 233 g/mol. The van der Waals surface area contributed by atoms with Crippen molar-refractivity contribution in [3.63, 3.8) is 0 Å². The molecule has 0 atom stereocenters. The van der Waals surface area contributed by atoms with Crippen molar-refractivity contribution in [2.24, 2.45) is 0 Å². The van der Waals surface area contributed by atoms with Crippen LogP contribution in [0.2, 0.25) is 5.02 Å². The molecule has 1 nitrogen and oxygen atoms in total. The molecule has 0 N–H and O–H groups in total. The molecule has 16 heavy (non-hydrogen) atoms. The van der Waals surface area contributed by atoms with E-state index in [2.05, 4.69) is 6.92 Å². The van der Waals surface area contributed by atoms with Crippen LogP contribution in [0.5, 0.6) is 0 Å². The molecule has 0 saturated heterocycles. The molecule has 1 radical (unpaired) electrons. The van der Waals surface area contributed by atoms with E-state index >= 15 is 0 Å². The highest BCUT2D eigenvalue weighted by Crippen LogP contribution is 2.24. The third-order valence-corrected chi connectivity index (χ3v) is 2.72. The summed E-state index contributed by atoms with van der Waals surface area (Å²) in [4.78, 5) is 0. The van der Waals surface area contributed by atoms with E-state index in [1.807, 2.05) is 36.4 Å². The number of benzene rings is 1. The van der Waals surface area contributed by atoms with Gasteiger partial charge in [0.25, 0.3) is 0 Å². The third-order valence-electron chi connectivity index (χ3n) is 2.46. The normalized spacial score (nSPS) is 10.6. The number of hydrogen-bond acceptors (Lipinski definition) is 1. The second-order valence-corrected chi connectivity index (χ2v) is 4.17. The van der Waals surface area contributed by atoms with Gasteiger partial charge in [0.15, 0.2) is 0 Å². The molecule has 0 aliphatic rings. The number of furan rings is 1. The van der Waals surface area contributed by atoms with Gasteiger partial charge in [0.05, 0.1) is 0 Å². The maximum Gasteiger partial charge on any atom is 0.134 e. The molecule has 0 aliphatic carbocycles. The molecular formula is C14H14ClO. The first kappa shape index (κ1) is 11.3. The minimum Gasteiger partial charge on any atom is -0.461 e. The van der Waals surface area contributed by atoms with Crippen molar-refractivity contribution < 1.29 is 4.42 Å². The molecule has 0 amide bonds. The van der Waals surface area contributed by atoms with Crippen LogP contribution in [0.4, 0.5) is 0 Å². The Morgan fingerprint density at radius 1 is 1.06 bits per heavy atom. The molecule has 1 heterocycles. The SMILES string of the molecule is [CH2]CCCc1ccc(-c2ccc(Cl)cc2)o1. The van der Waals surface area contributed by atoms with Crippen LogP contribution in [-0.2, 0) is 6.42 Å². The van der Waals surface area contributed by atoms with E-state index in [0.717, 1.165) is 41.4 Å². The number of rotatable bonds is 4. The second-order valence-electron chi connectivity index (χ2n) is 3.73. The van der Waals surface area contributed by atoms with Crippen molar-refractivity contribution in [1.29, 1.82) is 0 Å². The summed E-state index contributed by atoms with van der Waals surface area (Å²) in [7, 11) is 0. The highest BCUT2D eigenvalue weighted by atomic mass is 35.5. The van der Waals surface area contributed by atoms with Gasteiger partial charge in [0, 0.05) is 17.0 Å². The van der Waals surface area contributed by atoms with Crippen LogP contribution >= 0.6 is 11.6 Å². The van der Waals surface area contributed by atoms with Crippen LogP contribution in [0.3, 0.4) is 0 Å². The summed E-state index contributed by atoms with van der Waals surface area (Å²) in [6, 6.07) is 11.7. The zero-order valence-electron chi connectivity index (χ0n) is 9.08. The smallest absolute Gasteiger partial charge is 0.134 e. The Kier molecular flexibility index (Phi) is 3.68. The summed E-state index contributed by atoms with van der Waals surface area (Å²) < 4.78 is 5.74. The topological polar surface area (TPSA) is 13.1 Å². The molecule has 2 heteroatoms. The van der Waals surface area contributed by atoms with Gasteiger partial charge in [-0.05, 0) is 42.8 Å². The molecule has 0 spiro atoms. The Balaban J connectivity index is 2.15. The Hall–Kier alpha value is -1.21. The maximum atomic E-state index is 5.84. The van der Waals surface area contributed by atoms with Crippen LogP contribution in [0.15, 0.2) is 40.8 Å². The summed E-state index contributed by atoms with van der Waals surface area (Å²) in [5.74, 6) is 1.92. The molecule has 0 fully saturated rings. The molecule has 83 valence electrons. The summed E-state index contributed by atoms with van der Waals surface area (Å²) in [5.41, 5.74) is 1.06. The number of halogens is 1.